The van der Waals surface area contributed by atoms with Crippen LogP contribution in [0.4, 0.5) is 4.39 Å². The zero-order valence-electron chi connectivity index (χ0n) is 5.51. The van der Waals surface area contributed by atoms with Gasteiger partial charge in [-0.2, -0.15) is 0 Å². The van der Waals surface area contributed by atoms with Crippen molar-refractivity contribution in [1.29, 1.82) is 0 Å². The molecule has 1 rings (SSSR count). The molecule has 1 aromatic carbocycles. The van der Waals surface area contributed by atoms with Crippen LogP contribution in [0.25, 0.3) is 0 Å². The third-order valence-corrected chi connectivity index (χ3v) is 1.12. The van der Waals surface area contributed by atoms with Crippen LogP contribution in [-0.2, 0) is 0 Å². The van der Waals surface area contributed by atoms with Gasteiger partial charge in [0.1, 0.15) is 5.75 Å². The minimum atomic E-state index is -0.788. The Labute approximate surface area is 59.4 Å². The van der Waals surface area contributed by atoms with Crippen LogP contribution in [0.1, 0.15) is 5.56 Å². The van der Waals surface area contributed by atoms with E-state index in [0.717, 1.165) is 5.56 Å². The predicted molar refractivity (Wildman–Crippen MR) is 37.5 cm³/mol. The van der Waals surface area contributed by atoms with Gasteiger partial charge in [-0.1, -0.05) is 12.1 Å². The second-order valence-electron chi connectivity index (χ2n) is 1.90. The number of hydrogen-bond donors (Lipinski definition) is 0. The Bertz CT molecular complexity index is 210. The highest BCUT2D eigenvalue weighted by Crippen LogP contribution is 2.11. The standard InChI is InChI=1S/C8H8FO/c1-7-3-2-4-8(5-7)10-6-9/h2-5H,1,6H2. The summed E-state index contributed by atoms with van der Waals surface area (Å²) >= 11 is 0. The Hall–Kier alpha value is -1.05. The van der Waals surface area contributed by atoms with Crippen molar-refractivity contribution >= 4 is 0 Å². The van der Waals surface area contributed by atoms with Gasteiger partial charge in [0.05, 0.1) is 0 Å². The molecule has 0 unspecified atom stereocenters. The van der Waals surface area contributed by atoms with Crippen molar-refractivity contribution in [3.05, 3.63) is 36.8 Å². The predicted octanol–water partition coefficient (Wildman–Crippen LogP) is 2.17. The number of rotatable bonds is 2. The molecule has 0 heterocycles. The third kappa shape index (κ3) is 1.72. The maximum absolute atomic E-state index is 11.6. The van der Waals surface area contributed by atoms with Crippen molar-refractivity contribution in [1.82, 2.24) is 0 Å². The van der Waals surface area contributed by atoms with Gasteiger partial charge in [-0.05, 0) is 24.6 Å². The molecule has 53 valence electrons. The van der Waals surface area contributed by atoms with E-state index >= 15 is 0 Å². The average Bonchev–Trinajstić information content (AvgIpc) is 1.88. The SMILES string of the molecule is [CH2]c1cccc(OCF)c1. The maximum atomic E-state index is 11.6. The first kappa shape index (κ1) is 7.06. The maximum Gasteiger partial charge on any atom is 0.228 e. The molecule has 0 atom stereocenters. The van der Waals surface area contributed by atoms with Crippen LogP contribution in [0.2, 0.25) is 0 Å². The second-order valence-corrected chi connectivity index (χ2v) is 1.90. The Morgan fingerprint density at radius 1 is 1.50 bits per heavy atom. The molecular formula is C8H8FO. The van der Waals surface area contributed by atoms with Crippen LogP contribution in [-0.4, -0.2) is 6.86 Å². The molecule has 0 amide bonds. The Morgan fingerprint density at radius 2 is 2.30 bits per heavy atom. The lowest BCUT2D eigenvalue weighted by atomic mass is 10.2. The van der Waals surface area contributed by atoms with Crippen molar-refractivity contribution in [3.63, 3.8) is 0 Å². The number of halogens is 1. The lowest BCUT2D eigenvalue weighted by molar-refractivity contribution is 0.191. The summed E-state index contributed by atoms with van der Waals surface area (Å²) in [7, 11) is 0. The lowest BCUT2D eigenvalue weighted by Crippen LogP contribution is -1.89. The molecular weight excluding hydrogens is 131 g/mol. The van der Waals surface area contributed by atoms with Crippen molar-refractivity contribution < 1.29 is 9.13 Å². The molecule has 0 fully saturated rings. The molecule has 0 aliphatic heterocycles. The molecule has 1 radical (unpaired) electrons. The molecule has 0 aliphatic carbocycles. The van der Waals surface area contributed by atoms with Crippen molar-refractivity contribution in [2.45, 2.75) is 0 Å². The van der Waals surface area contributed by atoms with Gasteiger partial charge in [-0.3, -0.25) is 0 Å². The normalized spacial score (nSPS) is 9.40. The van der Waals surface area contributed by atoms with Crippen molar-refractivity contribution in [3.8, 4) is 5.75 Å². The van der Waals surface area contributed by atoms with Gasteiger partial charge in [0.15, 0.2) is 0 Å². The highest BCUT2D eigenvalue weighted by molar-refractivity contribution is 5.29. The summed E-state index contributed by atoms with van der Waals surface area (Å²) in [4.78, 5) is 0. The molecule has 1 nitrogen and oxygen atoms in total. The van der Waals surface area contributed by atoms with E-state index in [-0.39, 0.29) is 0 Å². The molecule has 0 aromatic heterocycles. The quantitative estimate of drug-likeness (QED) is 0.610. The number of hydrogen-bond acceptors (Lipinski definition) is 1. The Kier molecular flexibility index (Phi) is 2.26. The smallest absolute Gasteiger partial charge is 0.228 e. The first-order valence-electron chi connectivity index (χ1n) is 2.93. The van der Waals surface area contributed by atoms with E-state index < -0.39 is 6.86 Å². The largest absolute Gasteiger partial charge is 0.463 e. The molecule has 0 aliphatic rings. The summed E-state index contributed by atoms with van der Waals surface area (Å²) in [5.41, 5.74) is 0.825. The fraction of sp³-hybridized carbons (Fsp3) is 0.125. The second kappa shape index (κ2) is 3.20. The van der Waals surface area contributed by atoms with Crippen LogP contribution in [0.15, 0.2) is 24.3 Å². The zero-order chi connectivity index (χ0) is 7.40. The van der Waals surface area contributed by atoms with Gasteiger partial charge >= 0.3 is 0 Å². The van der Waals surface area contributed by atoms with Gasteiger partial charge in [0.25, 0.3) is 0 Å². The summed E-state index contributed by atoms with van der Waals surface area (Å²) in [5, 5.41) is 0. The summed E-state index contributed by atoms with van der Waals surface area (Å²) in [5.74, 6) is 0.523. The van der Waals surface area contributed by atoms with E-state index in [1.165, 1.54) is 0 Å². The average molecular weight is 139 g/mol. The van der Waals surface area contributed by atoms with Crippen LogP contribution in [0.3, 0.4) is 0 Å². The lowest BCUT2D eigenvalue weighted by Gasteiger charge is -1.99. The van der Waals surface area contributed by atoms with Crippen molar-refractivity contribution in [2.75, 3.05) is 6.86 Å². The molecule has 0 bridgehead atoms. The molecule has 0 N–H and O–H groups in total. The summed E-state index contributed by atoms with van der Waals surface area (Å²) in [6.07, 6.45) is 0. The molecule has 1 aromatic rings. The number of benzene rings is 1. The van der Waals surface area contributed by atoms with E-state index in [2.05, 4.69) is 11.7 Å². The van der Waals surface area contributed by atoms with Crippen LogP contribution in [0.5, 0.6) is 5.75 Å². The number of ether oxygens (including phenoxy) is 1. The highest BCUT2D eigenvalue weighted by Gasteiger charge is 1.90. The molecule has 0 saturated heterocycles. The topological polar surface area (TPSA) is 9.23 Å². The monoisotopic (exact) mass is 139 g/mol. The minimum absolute atomic E-state index is 0.523. The fourth-order valence-electron chi connectivity index (χ4n) is 0.698. The molecule has 10 heavy (non-hydrogen) atoms. The van der Waals surface area contributed by atoms with Gasteiger partial charge in [0.2, 0.25) is 6.86 Å². The minimum Gasteiger partial charge on any atom is -0.463 e. The van der Waals surface area contributed by atoms with Gasteiger partial charge < -0.3 is 4.74 Å². The first-order valence-corrected chi connectivity index (χ1v) is 2.93. The molecule has 2 heteroatoms. The summed E-state index contributed by atoms with van der Waals surface area (Å²) < 4.78 is 16.1. The van der Waals surface area contributed by atoms with E-state index in [1.807, 2.05) is 6.07 Å². The van der Waals surface area contributed by atoms with Gasteiger partial charge in [-0.15, -0.1) is 0 Å². The summed E-state index contributed by atoms with van der Waals surface area (Å²) in [6.45, 7) is 2.87. The van der Waals surface area contributed by atoms with E-state index in [1.54, 1.807) is 18.2 Å². The molecule has 0 saturated carbocycles. The van der Waals surface area contributed by atoms with Crippen LogP contribution >= 0.6 is 0 Å². The zero-order valence-corrected chi connectivity index (χ0v) is 5.51. The van der Waals surface area contributed by atoms with Crippen molar-refractivity contribution in [2.24, 2.45) is 0 Å². The van der Waals surface area contributed by atoms with Gasteiger partial charge in [-0.25, -0.2) is 4.39 Å². The number of alkyl halides is 1. The van der Waals surface area contributed by atoms with E-state index in [4.69, 9.17) is 0 Å². The molecule has 0 spiro atoms. The fourth-order valence-corrected chi connectivity index (χ4v) is 0.698. The highest BCUT2D eigenvalue weighted by atomic mass is 19.1. The first-order chi connectivity index (χ1) is 4.83. The Balaban J connectivity index is 2.75. The summed E-state index contributed by atoms with van der Waals surface area (Å²) in [6, 6.07) is 6.96. The Morgan fingerprint density at radius 3 is 2.90 bits per heavy atom. The van der Waals surface area contributed by atoms with Crippen LogP contribution < -0.4 is 4.74 Å². The third-order valence-electron chi connectivity index (χ3n) is 1.12. The van der Waals surface area contributed by atoms with E-state index in [0.29, 0.717) is 5.75 Å². The van der Waals surface area contributed by atoms with Crippen LogP contribution in [0, 0.1) is 6.92 Å². The van der Waals surface area contributed by atoms with Gasteiger partial charge in [0, 0.05) is 0 Å². The van der Waals surface area contributed by atoms with E-state index in [9.17, 15) is 4.39 Å².